The van der Waals surface area contributed by atoms with Gasteiger partial charge < -0.3 is 10.2 Å². The normalized spacial score (nSPS) is 15.0. The first-order valence-corrected chi connectivity index (χ1v) is 12.5. The Kier molecular flexibility index (Phi) is 7.80. The van der Waals surface area contributed by atoms with Crippen LogP contribution in [0.25, 0.3) is 0 Å². The molecule has 1 fully saturated rings. The molecule has 0 bridgehead atoms. The summed E-state index contributed by atoms with van der Waals surface area (Å²) in [6.07, 6.45) is 2.72. The summed E-state index contributed by atoms with van der Waals surface area (Å²) in [5.74, 6) is -0.562. The SMILES string of the molecule is CCN(CC)c1ccc(S(=O)(=O)N2CCCCC2)cc1NC(=O)c1nc(Cl)ccc1Cl. The monoisotopic (exact) mass is 484 g/mol. The molecule has 0 radical (unpaired) electrons. The molecule has 7 nitrogen and oxygen atoms in total. The van der Waals surface area contributed by atoms with Crippen LogP contribution in [0, 0.1) is 0 Å². The first kappa shape index (κ1) is 23.8. The molecule has 1 aliphatic heterocycles. The maximum absolute atomic E-state index is 13.2. The number of amides is 1. The molecule has 168 valence electrons. The van der Waals surface area contributed by atoms with Crippen molar-refractivity contribution >= 4 is 50.5 Å². The van der Waals surface area contributed by atoms with Crippen LogP contribution in [0.5, 0.6) is 0 Å². The summed E-state index contributed by atoms with van der Waals surface area (Å²) in [4.78, 5) is 19.1. The lowest BCUT2D eigenvalue weighted by Gasteiger charge is -2.28. The molecule has 1 N–H and O–H groups in total. The average Bonchev–Trinajstić information content (AvgIpc) is 2.77. The first-order chi connectivity index (χ1) is 14.8. The average molecular weight is 485 g/mol. The maximum atomic E-state index is 13.2. The van der Waals surface area contributed by atoms with Crippen molar-refractivity contribution in [1.82, 2.24) is 9.29 Å². The second-order valence-electron chi connectivity index (χ2n) is 7.23. The van der Waals surface area contributed by atoms with Crippen LogP contribution in [0.4, 0.5) is 11.4 Å². The fourth-order valence-corrected chi connectivity index (χ4v) is 5.51. The number of nitrogens with zero attached hydrogens (tertiary/aromatic N) is 3. The summed E-state index contributed by atoms with van der Waals surface area (Å²) in [5, 5.41) is 3.09. The Hall–Kier alpha value is -1.87. The molecule has 0 unspecified atom stereocenters. The number of hydrogen-bond acceptors (Lipinski definition) is 5. The lowest BCUT2D eigenvalue weighted by Crippen LogP contribution is -2.35. The fourth-order valence-electron chi connectivity index (χ4n) is 3.63. The first-order valence-electron chi connectivity index (χ1n) is 10.3. The number of aromatic nitrogens is 1. The van der Waals surface area contributed by atoms with Crippen LogP contribution in [0.2, 0.25) is 10.2 Å². The number of carbonyl (C=O) groups is 1. The number of halogens is 2. The Morgan fingerprint density at radius 2 is 1.77 bits per heavy atom. The standard InChI is InChI=1S/C21H26Cl2N4O3S/c1-3-26(4-2)18-10-8-15(31(29,30)27-12-6-5-7-13-27)14-17(18)24-21(28)20-16(22)9-11-19(23)25-20/h8-11,14H,3-7,12-13H2,1-2H3,(H,24,28). The van der Waals surface area contributed by atoms with Crippen LogP contribution in [-0.4, -0.2) is 49.8 Å². The van der Waals surface area contributed by atoms with E-state index in [0.717, 1.165) is 19.3 Å². The second kappa shape index (κ2) is 10.2. The molecule has 2 heterocycles. The van der Waals surface area contributed by atoms with Crippen LogP contribution >= 0.6 is 23.2 Å². The van der Waals surface area contributed by atoms with Gasteiger partial charge in [-0.15, -0.1) is 0 Å². The zero-order valence-electron chi connectivity index (χ0n) is 17.6. The van der Waals surface area contributed by atoms with Gasteiger partial charge in [-0.1, -0.05) is 29.6 Å². The second-order valence-corrected chi connectivity index (χ2v) is 9.97. The third kappa shape index (κ3) is 5.31. The van der Waals surface area contributed by atoms with Crippen LogP contribution in [0.1, 0.15) is 43.6 Å². The zero-order valence-corrected chi connectivity index (χ0v) is 19.9. The predicted molar refractivity (Wildman–Crippen MR) is 125 cm³/mol. The number of sulfonamides is 1. The van der Waals surface area contributed by atoms with E-state index in [-0.39, 0.29) is 20.8 Å². The van der Waals surface area contributed by atoms with Crippen LogP contribution in [0.3, 0.4) is 0 Å². The van der Waals surface area contributed by atoms with E-state index in [1.807, 2.05) is 18.7 Å². The predicted octanol–water partition coefficient (Wildman–Crippen LogP) is 4.66. The van der Waals surface area contributed by atoms with E-state index in [0.29, 0.717) is 37.6 Å². The Morgan fingerprint density at radius 3 is 2.42 bits per heavy atom. The number of piperidine rings is 1. The smallest absolute Gasteiger partial charge is 0.275 e. The van der Waals surface area contributed by atoms with Gasteiger partial charge in [-0.2, -0.15) is 4.31 Å². The number of hydrogen-bond donors (Lipinski definition) is 1. The third-order valence-electron chi connectivity index (χ3n) is 5.30. The van der Waals surface area contributed by atoms with Crippen LogP contribution in [-0.2, 0) is 10.0 Å². The Balaban J connectivity index is 2.02. The summed E-state index contributed by atoms with van der Waals surface area (Å²) in [6, 6.07) is 7.82. The minimum atomic E-state index is -3.66. The van der Waals surface area contributed by atoms with Crippen LogP contribution in [0.15, 0.2) is 35.2 Å². The van der Waals surface area contributed by atoms with Crippen LogP contribution < -0.4 is 10.2 Å². The van der Waals surface area contributed by atoms with Gasteiger partial charge in [-0.05, 0) is 57.0 Å². The van der Waals surface area contributed by atoms with E-state index >= 15 is 0 Å². The molecular formula is C21H26Cl2N4O3S. The van der Waals surface area contributed by atoms with Crippen molar-refractivity contribution in [3.05, 3.63) is 46.2 Å². The summed E-state index contributed by atoms with van der Waals surface area (Å²) < 4.78 is 27.8. The molecule has 0 spiro atoms. The molecule has 1 amide bonds. The molecule has 31 heavy (non-hydrogen) atoms. The minimum absolute atomic E-state index is 0.0241. The lowest BCUT2D eigenvalue weighted by molar-refractivity contribution is 0.102. The van der Waals surface area contributed by atoms with Crippen molar-refractivity contribution in [1.29, 1.82) is 0 Å². The molecular weight excluding hydrogens is 459 g/mol. The maximum Gasteiger partial charge on any atom is 0.275 e. The topological polar surface area (TPSA) is 82.6 Å². The number of pyridine rings is 1. The number of carbonyl (C=O) groups excluding carboxylic acids is 1. The molecule has 0 aliphatic carbocycles. The summed E-state index contributed by atoms with van der Waals surface area (Å²) >= 11 is 12.0. The Bertz CT molecular complexity index is 1050. The fraction of sp³-hybridized carbons (Fsp3) is 0.429. The van der Waals surface area contributed by atoms with E-state index in [4.69, 9.17) is 23.2 Å². The van der Waals surface area contributed by atoms with Crippen molar-refractivity contribution in [2.75, 3.05) is 36.4 Å². The van der Waals surface area contributed by atoms with Gasteiger partial charge in [0, 0.05) is 26.2 Å². The van der Waals surface area contributed by atoms with Gasteiger partial charge in [-0.3, -0.25) is 4.79 Å². The van der Waals surface area contributed by atoms with E-state index < -0.39 is 15.9 Å². The lowest BCUT2D eigenvalue weighted by atomic mass is 10.2. The highest BCUT2D eigenvalue weighted by molar-refractivity contribution is 7.89. The van der Waals surface area contributed by atoms with Crippen molar-refractivity contribution in [3.8, 4) is 0 Å². The van der Waals surface area contributed by atoms with E-state index in [1.165, 1.54) is 22.5 Å². The Labute approximate surface area is 193 Å². The van der Waals surface area contributed by atoms with Crippen molar-refractivity contribution < 1.29 is 13.2 Å². The number of rotatable bonds is 7. The van der Waals surface area contributed by atoms with Gasteiger partial charge >= 0.3 is 0 Å². The molecule has 0 saturated carbocycles. The van der Waals surface area contributed by atoms with Gasteiger partial charge in [0.2, 0.25) is 10.0 Å². The van der Waals surface area contributed by atoms with Gasteiger partial charge in [0.15, 0.2) is 0 Å². The van der Waals surface area contributed by atoms with Gasteiger partial charge in [0.05, 0.1) is 21.3 Å². The quantitative estimate of drug-likeness (QED) is 0.577. The summed E-state index contributed by atoms with van der Waals surface area (Å²) in [6.45, 7) is 6.36. The highest BCUT2D eigenvalue weighted by Crippen LogP contribution is 2.32. The zero-order chi connectivity index (χ0) is 22.6. The highest BCUT2D eigenvalue weighted by atomic mass is 35.5. The molecule has 1 saturated heterocycles. The minimum Gasteiger partial charge on any atom is -0.370 e. The van der Waals surface area contributed by atoms with E-state index in [9.17, 15) is 13.2 Å². The summed E-state index contributed by atoms with van der Waals surface area (Å²) in [7, 11) is -3.66. The Morgan fingerprint density at radius 1 is 1.10 bits per heavy atom. The highest BCUT2D eigenvalue weighted by Gasteiger charge is 2.27. The largest absolute Gasteiger partial charge is 0.370 e. The van der Waals surface area contributed by atoms with Crippen molar-refractivity contribution in [2.24, 2.45) is 0 Å². The van der Waals surface area contributed by atoms with Crippen molar-refractivity contribution in [3.63, 3.8) is 0 Å². The van der Waals surface area contributed by atoms with Crippen molar-refractivity contribution in [2.45, 2.75) is 38.0 Å². The molecule has 1 aliphatic rings. The van der Waals surface area contributed by atoms with Gasteiger partial charge in [-0.25, -0.2) is 13.4 Å². The number of benzene rings is 1. The molecule has 2 aromatic rings. The molecule has 1 aromatic heterocycles. The number of anilines is 2. The van der Waals surface area contributed by atoms with E-state index in [2.05, 4.69) is 10.3 Å². The molecule has 3 rings (SSSR count). The third-order valence-corrected chi connectivity index (χ3v) is 7.71. The molecule has 0 atom stereocenters. The number of nitrogens with one attached hydrogen (secondary N) is 1. The molecule has 1 aromatic carbocycles. The molecule has 10 heteroatoms. The summed E-state index contributed by atoms with van der Waals surface area (Å²) in [5.41, 5.74) is 1.07. The van der Waals surface area contributed by atoms with Gasteiger partial charge in [0.1, 0.15) is 10.8 Å². The van der Waals surface area contributed by atoms with E-state index in [1.54, 1.807) is 12.1 Å². The van der Waals surface area contributed by atoms with Gasteiger partial charge in [0.25, 0.3) is 5.91 Å².